The molecule has 0 spiro atoms. The number of piperidine rings is 1. The monoisotopic (exact) mass is 241 g/mol. The Hall–Kier alpha value is -0.610. The molecule has 1 aliphatic rings. The molecule has 4 heteroatoms. The molecule has 0 aromatic heterocycles. The molecule has 1 heterocycles. The Labute approximate surface area is 105 Å². The number of nitrogens with zero attached hydrogens (tertiary/aromatic N) is 1. The molecular weight excluding hydrogens is 214 g/mol. The fourth-order valence-corrected chi connectivity index (χ4v) is 2.31. The van der Waals surface area contributed by atoms with Crippen LogP contribution in [-0.2, 0) is 4.79 Å². The largest absolute Gasteiger partial charge is 0.353 e. The summed E-state index contributed by atoms with van der Waals surface area (Å²) in [5, 5.41) is 2.96. The van der Waals surface area contributed by atoms with Gasteiger partial charge in [-0.3, -0.25) is 9.69 Å². The first-order chi connectivity index (χ1) is 8.15. The van der Waals surface area contributed by atoms with Crippen LogP contribution in [0.5, 0.6) is 0 Å². The highest BCUT2D eigenvalue weighted by atomic mass is 16.2. The van der Waals surface area contributed by atoms with Crippen LogP contribution in [0.2, 0.25) is 0 Å². The first-order valence-electron chi connectivity index (χ1n) is 6.92. The van der Waals surface area contributed by atoms with Gasteiger partial charge in [0.2, 0.25) is 5.91 Å². The number of carbonyl (C=O) groups is 1. The summed E-state index contributed by atoms with van der Waals surface area (Å²) in [5.41, 5.74) is 5.77. The maximum absolute atomic E-state index is 11.7. The third-order valence-electron chi connectivity index (χ3n) is 3.52. The van der Waals surface area contributed by atoms with Crippen LogP contribution in [0.15, 0.2) is 0 Å². The Bertz CT molecular complexity index is 227. The Morgan fingerprint density at radius 1 is 1.35 bits per heavy atom. The summed E-state index contributed by atoms with van der Waals surface area (Å²) >= 11 is 0. The third kappa shape index (κ3) is 5.04. The predicted octanol–water partition coefficient (Wildman–Crippen LogP) is 1.10. The molecule has 0 bridgehead atoms. The fourth-order valence-electron chi connectivity index (χ4n) is 2.31. The van der Waals surface area contributed by atoms with E-state index in [4.69, 9.17) is 5.73 Å². The lowest BCUT2D eigenvalue weighted by Gasteiger charge is -2.32. The number of nitrogens with one attached hydrogen (secondary N) is 1. The van der Waals surface area contributed by atoms with E-state index in [0.717, 1.165) is 32.5 Å². The second kappa shape index (κ2) is 7.67. The van der Waals surface area contributed by atoms with Crippen LogP contribution in [0.4, 0.5) is 0 Å². The lowest BCUT2D eigenvalue weighted by Crippen LogP contribution is -2.48. The van der Waals surface area contributed by atoms with Crippen molar-refractivity contribution in [2.75, 3.05) is 19.6 Å². The van der Waals surface area contributed by atoms with Gasteiger partial charge in [0, 0.05) is 12.6 Å². The quantitative estimate of drug-likeness (QED) is 0.732. The molecule has 1 saturated heterocycles. The van der Waals surface area contributed by atoms with E-state index in [-0.39, 0.29) is 11.9 Å². The van der Waals surface area contributed by atoms with E-state index in [1.165, 1.54) is 19.3 Å². The first kappa shape index (κ1) is 14.5. The molecule has 0 radical (unpaired) electrons. The molecule has 0 aromatic carbocycles. The van der Waals surface area contributed by atoms with Gasteiger partial charge in [-0.2, -0.15) is 0 Å². The van der Waals surface area contributed by atoms with Crippen LogP contribution in [0.3, 0.4) is 0 Å². The van der Waals surface area contributed by atoms with Gasteiger partial charge in [-0.25, -0.2) is 0 Å². The second-order valence-electron chi connectivity index (χ2n) is 5.09. The summed E-state index contributed by atoms with van der Waals surface area (Å²) in [5.74, 6) is -0.00397. The SMILES string of the molecule is CCC[C@H](N)C(=O)NCC(C)N1CCCCC1. The highest BCUT2D eigenvalue weighted by Crippen LogP contribution is 2.11. The summed E-state index contributed by atoms with van der Waals surface area (Å²) in [7, 11) is 0. The highest BCUT2D eigenvalue weighted by molar-refractivity contribution is 5.81. The first-order valence-corrected chi connectivity index (χ1v) is 6.92. The maximum atomic E-state index is 11.7. The van der Waals surface area contributed by atoms with Crippen molar-refractivity contribution in [3.63, 3.8) is 0 Å². The Kier molecular flexibility index (Phi) is 6.52. The van der Waals surface area contributed by atoms with Crippen molar-refractivity contribution in [2.24, 2.45) is 5.73 Å². The van der Waals surface area contributed by atoms with Crippen molar-refractivity contribution < 1.29 is 4.79 Å². The van der Waals surface area contributed by atoms with E-state index in [1.807, 2.05) is 6.92 Å². The van der Waals surface area contributed by atoms with Crippen molar-refractivity contribution in [1.82, 2.24) is 10.2 Å². The van der Waals surface area contributed by atoms with Crippen LogP contribution in [-0.4, -0.2) is 42.5 Å². The van der Waals surface area contributed by atoms with Gasteiger partial charge in [0.15, 0.2) is 0 Å². The minimum Gasteiger partial charge on any atom is -0.353 e. The Balaban J connectivity index is 2.22. The van der Waals surface area contributed by atoms with Crippen LogP contribution in [0.25, 0.3) is 0 Å². The molecular formula is C13H27N3O. The molecule has 3 N–H and O–H groups in total. The Morgan fingerprint density at radius 3 is 2.59 bits per heavy atom. The Morgan fingerprint density at radius 2 is 2.00 bits per heavy atom. The van der Waals surface area contributed by atoms with E-state index < -0.39 is 0 Å². The number of likely N-dealkylation sites (tertiary alicyclic amines) is 1. The van der Waals surface area contributed by atoms with E-state index >= 15 is 0 Å². The zero-order chi connectivity index (χ0) is 12.7. The van der Waals surface area contributed by atoms with Gasteiger partial charge < -0.3 is 11.1 Å². The number of hydrogen-bond acceptors (Lipinski definition) is 3. The third-order valence-corrected chi connectivity index (χ3v) is 3.52. The maximum Gasteiger partial charge on any atom is 0.236 e. The van der Waals surface area contributed by atoms with Crippen LogP contribution in [0, 0.1) is 0 Å². The zero-order valence-electron chi connectivity index (χ0n) is 11.2. The minimum atomic E-state index is -0.339. The molecule has 0 aromatic rings. The molecule has 1 fully saturated rings. The van der Waals surface area contributed by atoms with Crippen LogP contribution >= 0.6 is 0 Å². The molecule has 0 aliphatic carbocycles. The molecule has 2 atom stereocenters. The molecule has 1 aliphatic heterocycles. The summed E-state index contributed by atoms with van der Waals surface area (Å²) in [6.07, 6.45) is 5.64. The van der Waals surface area contributed by atoms with Gasteiger partial charge in [-0.15, -0.1) is 0 Å². The topological polar surface area (TPSA) is 58.4 Å². The van der Waals surface area contributed by atoms with E-state index in [0.29, 0.717) is 6.04 Å². The molecule has 4 nitrogen and oxygen atoms in total. The molecule has 1 amide bonds. The van der Waals surface area contributed by atoms with Crippen LogP contribution in [0.1, 0.15) is 46.0 Å². The van der Waals surface area contributed by atoms with Gasteiger partial charge in [0.1, 0.15) is 0 Å². The minimum absolute atomic E-state index is 0.00397. The fraction of sp³-hybridized carbons (Fsp3) is 0.923. The zero-order valence-corrected chi connectivity index (χ0v) is 11.2. The lowest BCUT2D eigenvalue weighted by molar-refractivity contribution is -0.122. The molecule has 100 valence electrons. The molecule has 1 unspecified atom stereocenters. The summed E-state index contributed by atoms with van der Waals surface area (Å²) in [6.45, 7) is 7.27. The van der Waals surface area contributed by atoms with Gasteiger partial charge in [0.05, 0.1) is 6.04 Å². The van der Waals surface area contributed by atoms with Gasteiger partial charge in [-0.05, 0) is 39.3 Å². The van der Waals surface area contributed by atoms with Crippen molar-refractivity contribution in [2.45, 2.75) is 58.0 Å². The average Bonchev–Trinajstić information content (AvgIpc) is 2.36. The van der Waals surface area contributed by atoms with Gasteiger partial charge in [0.25, 0.3) is 0 Å². The number of hydrogen-bond donors (Lipinski definition) is 2. The van der Waals surface area contributed by atoms with Gasteiger partial charge >= 0.3 is 0 Å². The lowest BCUT2D eigenvalue weighted by atomic mass is 10.1. The van der Waals surface area contributed by atoms with E-state index in [9.17, 15) is 4.79 Å². The number of amides is 1. The van der Waals surface area contributed by atoms with Crippen molar-refractivity contribution in [3.05, 3.63) is 0 Å². The summed E-state index contributed by atoms with van der Waals surface area (Å²) in [4.78, 5) is 14.1. The van der Waals surface area contributed by atoms with Gasteiger partial charge in [-0.1, -0.05) is 19.8 Å². The standard InChI is InChI=1S/C13H27N3O/c1-3-7-12(14)13(17)15-10-11(2)16-8-5-4-6-9-16/h11-12H,3-10,14H2,1-2H3,(H,15,17)/t11?,12-/m0/s1. The normalized spacial score (nSPS) is 20.9. The molecule has 0 saturated carbocycles. The summed E-state index contributed by atoms with van der Waals surface area (Å²) in [6, 6.07) is 0.0848. The van der Waals surface area contributed by atoms with Crippen LogP contribution < -0.4 is 11.1 Å². The smallest absolute Gasteiger partial charge is 0.236 e. The second-order valence-corrected chi connectivity index (χ2v) is 5.09. The number of nitrogens with two attached hydrogens (primary N) is 1. The van der Waals surface area contributed by atoms with Crippen molar-refractivity contribution in [3.8, 4) is 0 Å². The van der Waals surface area contributed by atoms with Crippen molar-refractivity contribution >= 4 is 5.91 Å². The average molecular weight is 241 g/mol. The van der Waals surface area contributed by atoms with E-state index in [2.05, 4.69) is 17.1 Å². The highest BCUT2D eigenvalue weighted by Gasteiger charge is 2.18. The number of rotatable bonds is 6. The van der Waals surface area contributed by atoms with E-state index in [1.54, 1.807) is 0 Å². The van der Waals surface area contributed by atoms with Crippen molar-refractivity contribution in [1.29, 1.82) is 0 Å². The predicted molar refractivity (Wildman–Crippen MR) is 70.8 cm³/mol. The number of carbonyl (C=O) groups excluding carboxylic acids is 1. The molecule has 17 heavy (non-hydrogen) atoms. The molecule has 1 rings (SSSR count). The summed E-state index contributed by atoms with van der Waals surface area (Å²) < 4.78 is 0.